The number of aromatic nitrogens is 2. The van der Waals surface area contributed by atoms with Gasteiger partial charge in [-0.3, -0.25) is 14.8 Å². The first-order valence-corrected chi connectivity index (χ1v) is 2.77. The van der Waals surface area contributed by atoms with Gasteiger partial charge in [0, 0.05) is 0 Å². The van der Waals surface area contributed by atoms with Gasteiger partial charge in [0.2, 0.25) is 5.95 Å². The molecule has 0 atom stereocenters. The Labute approximate surface area is 59.5 Å². The van der Waals surface area contributed by atoms with E-state index in [-0.39, 0.29) is 0 Å². The maximum Gasteiger partial charge on any atom is 0.327 e. The Balaban J connectivity index is 3.49. The van der Waals surface area contributed by atoms with Crippen molar-refractivity contribution in [3.8, 4) is 0 Å². The fraction of sp³-hybridized carbons (Fsp3) is 0.200. The zero-order valence-corrected chi connectivity index (χ0v) is 5.35. The van der Waals surface area contributed by atoms with Gasteiger partial charge in [-0.1, -0.05) is 0 Å². The van der Waals surface area contributed by atoms with Gasteiger partial charge in [0.05, 0.1) is 12.2 Å². The zero-order chi connectivity index (χ0) is 8.43. The molecule has 3 N–H and O–H groups in total. The normalized spacial score (nSPS) is 10.0. The summed E-state index contributed by atoms with van der Waals surface area (Å²) >= 11 is 0. The predicted octanol–water partition coefficient (Wildman–Crippen LogP) is -1.31. The molecule has 0 aliphatic rings. The Hall–Kier alpha value is -1.43. The molecule has 11 heavy (non-hydrogen) atoms. The molecule has 0 fully saturated rings. The molecule has 0 saturated heterocycles. The molecule has 60 valence electrons. The minimum atomic E-state index is -1.10. The maximum absolute atomic E-state index is 12.5. The van der Waals surface area contributed by atoms with Crippen LogP contribution in [0.1, 0.15) is 5.56 Å². The summed E-state index contributed by atoms with van der Waals surface area (Å²) in [4.78, 5) is 24.4. The number of aliphatic hydroxyl groups is 1. The third-order valence-corrected chi connectivity index (χ3v) is 1.15. The van der Waals surface area contributed by atoms with Gasteiger partial charge >= 0.3 is 5.69 Å². The average molecular weight is 160 g/mol. The van der Waals surface area contributed by atoms with Gasteiger partial charge in [-0.05, 0) is 0 Å². The van der Waals surface area contributed by atoms with E-state index in [1.807, 2.05) is 0 Å². The fourth-order valence-electron chi connectivity index (χ4n) is 0.626. The van der Waals surface area contributed by atoms with E-state index in [9.17, 15) is 14.0 Å². The van der Waals surface area contributed by atoms with Crippen molar-refractivity contribution < 1.29 is 9.50 Å². The summed E-state index contributed by atoms with van der Waals surface area (Å²) in [5.74, 6) is -1.10. The lowest BCUT2D eigenvalue weighted by atomic mass is 10.3. The van der Waals surface area contributed by atoms with Gasteiger partial charge in [0.15, 0.2) is 0 Å². The number of halogens is 1. The second-order valence-electron chi connectivity index (χ2n) is 1.86. The molecular formula is C5H5FN2O3. The number of aromatic amines is 2. The van der Waals surface area contributed by atoms with Crippen LogP contribution in [0.5, 0.6) is 0 Å². The summed E-state index contributed by atoms with van der Waals surface area (Å²) in [5.41, 5.74) is -2.30. The molecule has 0 aliphatic carbocycles. The van der Waals surface area contributed by atoms with E-state index >= 15 is 0 Å². The van der Waals surface area contributed by atoms with Crippen LogP contribution in [0.3, 0.4) is 0 Å². The molecule has 0 saturated carbocycles. The quantitative estimate of drug-likeness (QED) is 0.446. The molecule has 0 bridgehead atoms. The zero-order valence-electron chi connectivity index (χ0n) is 5.35. The monoisotopic (exact) mass is 160 g/mol. The summed E-state index contributed by atoms with van der Waals surface area (Å²) < 4.78 is 12.5. The Kier molecular flexibility index (Phi) is 1.86. The minimum Gasteiger partial charge on any atom is -0.391 e. The first-order chi connectivity index (χ1) is 5.15. The molecule has 1 rings (SSSR count). The van der Waals surface area contributed by atoms with Crippen molar-refractivity contribution in [2.75, 3.05) is 0 Å². The molecule has 0 unspecified atom stereocenters. The molecule has 0 aliphatic heterocycles. The van der Waals surface area contributed by atoms with E-state index in [2.05, 4.69) is 0 Å². The number of hydrogen-bond donors (Lipinski definition) is 3. The van der Waals surface area contributed by atoms with Gasteiger partial charge in [0.1, 0.15) is 0 Å². The highest BCUT2D eigenvalue weighted by molar-refractivity contribution is 5.03. The molecule has 5 nitrogen and oxygen atoms in total. The van der Waals surface area contributed by atoms with Crippen molar-refractivity contribution in [1.82, 2.24) is 9.97 Å². The Morgan fingerprint density at radius 2 is 2.00 bits per heavy atom. The van der Waals surface area contributed by atoms with Crippen LogP contribution in [-0.2, 0) is 6.61 Å². The molecule has 0 amide bonds. The predicted molar refractivity (Wildman–Crippen MR) is 33.6 cm³/mol. The van der Waals surface area contributed by atoms with Crippen molar-refractivity contribution >= 4 is 0 Å². The SMILES string of the molecule is O=c1[nH]c(F)c(CO)c(=O)[nH]1. The molecule has 0 spiro atoms. The first kappa shape index (κ1) is 7.67. The van der Waals surface area contributed by atoms with E-state index in [4.69, 9.17) is 5.11 Å². The lowest BCUT2D eigenvalue weighted by Gasteiger charge is -1.93. The van der Waals surface area contributed by atoms with Crippen LogP contribution < -0.4 is 11.2 Å². The highest BCUT2D eigenvalue weighted by Crippen LogP contribution is 1.91. The molecule has 0 radical (unpaired) electrons. The standard InChI is InChI=1S/C5H5FN2O3/c6-3-2(1-9)4(10)8-5(11)7-3/h9H,1H2,(H2,7,8,10,11). The minimum absolute atomic E-state index is 0.468. The summed E-state index contributed by atoms with van der Waals surface area (Å²) in [6, 6.07) is 0. The molecule has 1 aromatic heterocycles. The smallest absolute Gasteiger partial charge is 0.327 e. The van der Waals surface area contributed by atoms with Crippen molar-refractivity contribution in [2.24, 2.45) is 0 Å². The fourth-order valence-corrected chi connectivity index (χ4v) is 0.626. The van der Waals surface area contributed by atoms with E-state index < -0.39 is 29.4 Å². The van der Waals surface area contributed by atoms with E-state index in [0.29, 0.717) is 0 Å². The Bertz CT molecular complexity index is 367. The largest absolute Gasteiger partial charge is 0.391 e. The van der Waals surface area contributed by atoms with Crippen molar-refractivity contribution in [2.45, 2.75) is 6.61 Å². The number of aliphatic hydroxyl groups excluding tert-OH is 1. The van der Waals surface area contributed by atoms with Crippen LogP contribution in [-0.4, -0.2) is 15.1 Å². The van der Waals surface area contributed by atoms with Crippen LogP contribution >= 0.6 is 0 Å². The second-order valence-corrected chi connectivity index (χ2v) is 1.86. The molecular weight excluding hydrogens is 155 g/mol. The lowest BCUT2D eigenvalue weighted by molar-refractivity contribution is 0.271. The van der Waals surface area contributed by atoms with Crippen LogP contribution in [0.4, 0.5) is 4.39 Å². The Morgan fingerprint density at radius 3 is 2.45 bits per heavy atom. The van der Waals surface area contributed by atoms with Gasteiger partial charge < -0.3 is 5.11 Å². The topological polar surface area (TPSA) is 85.9 Å². The third-order valence-electron chi connectivity index (χ3n) is 1.15. The van der Waals surface area contributed by atoms with Gasteiger partial charge in [-0.25, -0.2) is 4.79 Å². The summed E-state index contributed by atoms with van der Waals surface area (Å²) in [6.07, 6.45) is 0. The highest BCUT2D eigenvalue weighted by Gasteiger charge is 2.05. The maximum atomic E-state index is 12.5. The summed E-state index contributed by atoms with van der Waals surface area (Å²) in [6.45, 7) is -0.738. The lowest BCUT2D eigenvalue weighted by Crippen LogP contribution is -2.27. The van der Waals surface area contributed by atoms with Crippen molar-refractivity contribution in [3.63, 3.8) is 0 Å². The molecule has 1 aromatic rings. The number of nitrogens with one attached hydrogen (secondary N) is 2. The van der Waals surface area contributed by atoms with Gasteiger partial charge in [0.25, 0.3) is 5.56 Å². The van der Waals surface area contributed by atoms with Crippen LogP contribution in [0.2, 0.25) is 0 Å². The van der Waals surface area contributed by atoms with Crippen LogP contribution in [0, 0.1) is 5.95 Å². The first-order valence-electron chi connectivity index (χ1n) is 2.77. The van der Waals surface area contributed by atoms with E-state index in [0.717, 1.165) is 0 Å². The van der Waals surface area contributed by atoms with Gasteiger partial charge in [-0.2, -0.15) is 4.39 Å². The summed E-state index contributed by atoms with van der Waals surface area (Å²) in [5, 5.41) is 8.41. The summed E-state index contributed by atoms with van der Waals surface area (Å²) in [7, 11) is 0. The van der Waals surface area contributed by atoms with Crippen molar-refractivity contribution in [1.29, 1.82) is 0 Å². The third kappa shape index (κ3) is 1.35. The highest BCUT2D eigenvalue weighted by atomic mass is 19.1. The number of rotatable bonds is 1. The Morgan fingerprint density at radius 1 is 1.36 bits per heavy atom. The average Bonchev–Trinajstić information content (AvgIpc) is 1.85. The van der Waals surface area contributed by atoms with E-state index in [1.165, 1.54) is 0 Å². The molecule has 6 heteroatoms. The second kappa shape index (κ2) is 2.67. The van der Waals surface area contributed by atoms with Gasteiger partial charge in [-0.15, -0.1) is 0 Å². The number of hydrogen-bond acceptors (Lipinski definition) is 3. The van der Waals surface area contributed by atoms with Crippen molar-refractivity contribution in [3.05, 3.63) is 32.3 Å². The van der Waals surface area contributed by atoms with Crippen LogP contribution in [0.25, 0.3) is 0 Å². The van der Waals surface area contributed by atoms with Crippen LogP contribution in [0.15, 0.2) is 9.59 Å². The molecule has 0 aromatic carbocycles. The number of H-pyrrole nitrogens is 2. The van der Waals surface area contributed by atoms with E-state index in [1.54, 1.807) is 9.97 Å². The molecule has 1 heterocycles.